The lowest BCUT2D eigenvalue weighted by atomic mass is 9.92. The number of hydrogen-bond acceptors (Lipinski definition) is 4. The van der Waals surface area contributed by atoms with Crippen LogP contribution >= 0.6 is 0 Å². The van der Waals surface area contributed by atoms with Gasteiger partial charge in [-0.3, -0.25) is 4.68 Å². The van der Waals surface area contributed by atoms with Crippen molar-refractivity contribution in [1.82, 2.24) is 9.78 Å². The van der Waals surface area contributed by atoms with Crippen LogP contribution in [0.15, 0.2) is 24.3 Å². The zero-order valence-corrected chi connectivity index (χ0v) is 18.7. The molecule has 1 aromatic carbocycles. The average molecular weight is 441 g/mol. The van der Waals surface area contributed by atoms with Gasteiger partial charge in [-0.15, -0.1) is 0 Å². The molecule has 1 aromatic heterocycles. The Balaban J connectivity index is 2.11. The molecule has 0 amide bonds. The molecule has 0 bridgehead atoms. The zero-order chi connectivity index (χ0) is 23.0. The number of benzene rings is 1. The van der Waals surface area contributed by atoms with Crippen molar-refractivity contribution in [1.29, 1.82) is 0 Å². The predicted molar refractivity (Wildman–Crippen MR) is 112 cm³/mol. The van der Waals surface area contributed by atoms with Crippen LogP contribution in [0.3, 0.4) is 0 Å². The van der Waals surface area contributed by atoms with Crippen LogP contribution in [-0.4, -0.2) is 39.8 Å². The van der Waals surface area contributed by atoms with E-state index in [4.69, 9.17) is 14.6 Å². The lowest BCUT2D eigenvalue weighted by Crippen LogP contribution is -2.28. The van der Waals surface area contributed by atoms with Crippen molar-refractivity contribution in [3.63, 3.8) is 0 Å². The van der Waals surface area contributed by atoms with E-state index in [1.54, 1.807) is 18.5 Å². The SMILES string of the molecule is CC(C)(O)COc1ccc(C(F)(F)F)cc1-c1cc(C(C)(C)C)nn1C[C@H]1CCCO1. The van der Waals surface area contributed by atoms with Gasteiger partial charge in [-0.1, -0.05) is 20.8 Å². The van der Waals surface area contributed by atoms with Crippen LogP contribution in [0.1, 0.15) is 58.7 Å². The standard InChI is InChI=1S/C23H31F3N2O3/c1-21(2,3)20-12-18(28(27-20)13-16-7-6-10-30-16)17-11-15(23(24,25)26)8-9-19(17)31-14-22(4,5)29/h8-9,11-12,16,29H,6-7,10,13-14H2,1-5H3/t16-/m1/s1. The Hall–Kier alpha value is -2.06. The number of nitrogens with zero attached hydrogens (tertiary/aromatic N) is 2. The monoisotopic (exact) mass is 440 g/mol. The molecule has 1 aliphatic heterocycles. The molecule has 8 heteroatoms. The van der Waals surface area contributed by atoms with E-state index in [0.717, 1.165) is 30.7 Å². The highest BCUT2D eigenvalue weighted by atomic mass is 19.4. The maximum absolute atomic E-state index is 13.5. The molecule has 0 unspecified atom stereocenters. The topological polar surface area (TPSA) is 56.5 Å². The minimum Gasteiger partial charge on any atom is -0.490 e. The number of aromatic nitrogens is 2. The van der Waals surface area contributed by atoms with E-state index in [9.17, 15) is 18.3 Å². The molecule has 1 aliphatic rings. The van der Waals surface area contributed by atoms with Crippen LogP contribution in [0.5, 0.6) is 5.75 Å². The van der Waals surface area contributed by atoms with Crippen molar-refractivity contribution >= 4 is 0 Å². The van der Waals surface area contributed by atoms with E-state index in [-0.39, 0.29) is 23.9 Å². The lowest BCUT2D eigenvalue weighted by molar-refractivity contribution is -0.137. The Morgan fingerprint density at radius 2 is 1.87 bits per heavy atom. The minimum atomic E-state index is -4.49. The van der Waals surface area contributed by atoms with Gasteiger partial charge in [0.15, 0.2) is 0 Å². The van der Waals surface area contributed by atoms with Crippen molar-refractivity contribution in [2.45, 2.75) is 77.3 Å². The summed E-state index contributed by atoms with van der Waals surface area (Å²) in [6.45, 7) is 10.3. The maximum atomic E-state index is 13.5. The van der Waals surface area contributed by atoms with Crippen LogP contribution in [0.2, 0.25) is 0 Å². The van der Waals surface area contributed by atoms with Gasteiger partial charge in [0, 0.05) is 17.6 Å². The quantitative estimate of drug-likeness (QED) is 0.671. The van der Waals surface area contributed by atoms with E-state index in [2.05, 4.69) is 0 Å². The number of aliphatic hydroxyl groups is 1. The van der Waals surface area contributed by atoms with E-state index < -0.39 is 17.3 Å². The summed E-state index contributed by atoms with van der Waals surface area (Å²) in [4.78, 5) is 0. The van der Waals surface area contributed by atoms with Crippen molar-refractivity contribution in [3.05, 3.63) is 35.5 Å². The molecule has 1 fully saturated rings. The summed E-state index contributed by atoms with van der Waals surface area (Å²) in [5.41, 5.74) is -0.579. The smallest absolute Gasteiger partial charge is 0.416 e. The molecule has 31 heavy (non-hydrogen) atoms. The van der Waals surface area contributed by atoms with Gasteiger partial charge in [-0.2, -0.15) is 18.3 Å². The van der Waals surface area contributed by atoms with Crippen LogP contribution < -0.4 is 4.74 Å². The fourth-order valence-electron chi connectivity index (χ4n) is 3.41. The Morgan fingerprint density at radius 1 is 1.16 bits per heavy atom. The van der Waals surface area contributed by atoms with E-state index in [0.29, 0.717) is 24.4 Å². The molecule has 2 aromatic rings. The first-order valence-corrected chi connectivity index (χ1v) is 10.5. The Kier molecular flexibility index (Phi) is 6.45. The molecule has 1 N–H and O–H groups in total. The van der Waals surface area contributed by atoms with Crippen molar-refractivity contribution < 1.29 is 27.8 Å². The van der Waals surface area contributed by atoms with Gasteiger partial charge in [-0.25, -0.2) is 0 Å². The van der Waals surface area contributed by atoms with Crippen LogP contribution in [-0.2, 0) is 22.9 Å². The van der Waals surface area contributed by atoms with Gasteiger partial charge in [-0.05, 0) is 51.0 Å². The Morgan fingerprint density at radius 3 is 2.42 bits per heavy atom. The zero-order valence-electron chi connectivity index (χ0n) is 18.7. The summed E-state index contributed by atoms with van der Waals surface area (Å²) < 4.78 is 53.7. The van der Waals surface area contributed by atoms with Gasteiger partial charge in [0.1, 0.15) is 12.4 Å². The average Bonchev–Trinajstić information content (AvgIpc) is 3.28. The highest BCUT2D eigenvalue weighted by Gasteiger charge is 2.33. The normalized spacial score (nSPS) is 17.9. The first kappa shape index (κ1) is 23.6. The van der Waals surface area contributed by atoms with Gasteiger partial charge < -0.3 is 14.6 Å². The molecular formula is C23H31F3N2O3. The first-order valence-electron chi connectivity index (χ1n) is 10.5. The molecule has 1 atom stereocenters. The maximum Gasteiger partial charge on any atom is 0.416 e. The summed E-state index contributed by atoms with van der Waals surface area (Å²) in [6, 6.07) is 5.22. The molecule has 0 radical (unpaired) electrons. The second-order valence-corrected chi connectivity index (χ2v) is 9.79. The Labute approximate surface area is 181 Å². The predicted octanol–water partition coefficient (Wildman–Crippen LogP) is 5.20. The van der Waals surface area contributed by atoms with Crippen molar-refractivity contribution in [3.8, 4) is 17.0 Å². The van der Waals surface area contributed by atoms with E-state index in [1.165, 1.54) is 6.07 Å². The lowest BCUT2D eigenvalue weighted by Gasteiger charge is -2.21. The third-order valence-corrected chi connectivity index (χ3v) is 5.11. The van der Waals surface area contributed by atoms with Crippen LogP contribution in [0.4, 0.5) is 13.2 Å². The highest BCUT2D eigenvalue weighted by molar-refractivity contribution is 5.69. The largest absolute Gasteiger partial charge is 0.490 e. The molecule has 1 saturated heterocycles. The second kappa shape index (κ2) is 8.47. The van der Waals surface area contributed by atoms with Crippen LogP contribution in [0, 0.1) is 0 Å². The summed E-state index contributed by atoms with van der Waals surface area (Å²) >= 11 is 0. The summed E-state index contributed by atoms with van der Waals surface area (Å²) in [5.74, 6) is 0.268. The van der Waals surface area contributed by atoms with Gasteiger partial charge >= 0.3 is 6.18 Å². The first-order chi connectivity index (χ1) is 14.2. The van der Waals surface area contributed by atoms with Crippen molar-refractivity contribution in [2.24, 2.45) is 0 Å². The fraction of sp³-hybridized carbons (Fsp3) is 0.609. The fourth-order valence-corrected chi connectivity index (χ4v) is 3.41. The van der Waals surface area contributed by atoms with Gasteiger partial charge in [0.25, 0.3) is 0 Å². The van der Waals surface area contributed by atoms with Gasteiger partial charge in [0.05, 0.1) is 35.2 Å². The number of halogens is 3. The third kappa shape index (κ3) is 6.01. The van der Waals surface area contributed by atoms with E-state index >= 15 is 0 Å². The van der Waals surface area contributed by atoms with Crippen LogP contribution in [0.25, 0.3) is 11.3 Å². The van der Waals surface area contributed by atoms with E-state index in [1.807, 2.05) is 26.8 Å². The summed E-state index contributed by atoms with van der Waals surface area (Å²) in [7, 11) is 0. The third-order valence-electron chi connectivity index (χ3n) is 5.11. The molecule has 3 rings (SSSR count). The van der Waals surface area contributed by atoms with Crippen molar-refractivity contribution in [2.75, 3.05) is 13.2 Å². The second-order valence-electron chi connectivity index (χ2n) is 9.79. The molecule has 0 saturated carbocycles. The minimum absolute atomic E-state index is 0.0296. The molecule has 172 valence electrons. The Bertz CT molecular complexity index is 902. The number of rotatable bonds is 6. The summed E-state index contributed by atoms with van der Waals surface area (Å²) in [6.07, 6.45) is -2.68. The summed E-state index contributed by atoms with van der Waals surface area (Å²) in [5, 5.41) is 14.8. The number of alkyl halides is 3. The molecule has 0 spiro atoms. The molecule has 0 aliphatic carbocycles. The molecule has 5 nitrogen and oxygen atoms in total. The number of hydrogen-bond donors (Lipinski definition) is 1. The highest BCUT2D eigenvalue weighted by Crippen LogP contribution is 2.39. The molecule has 2 heterocycles. The number of ether oxygens (including phenoxy) is 2. The molecular weight excluding hydrogens is 409 g/mol. The van der Waals surface area contributed by atoms with Gasteiger partial charge in [0.2, 0.25) is 0 Å².